The standard InChI is InChI=1S/C19H24N2O5S/c1-4-13-20-27(23,24)18-11-5-15(6-12-18)21-19(22)14(2)26-17-9-7-16(25-3)8-10-17/h5-12,14,20H,4,13H2,1-3H3,(H,21,22). The molecular weight excluding hydrogens is 368 g/mol. The molecule has 146 valence electrons. The number of sulfonamides is 1. The summed E-state index contributed by atoms with van der Waals surface area (Å²) in [5.74, 6) is 0.898. The van der Waals surface area contributed by atoms with Crippen molar-refractivity contribution >= 4 is 21.6 Å². The monoisotopic (exact) mass is 392 g/mol. The fraction of sp³-hybridized carbons (Fsp3) is 0.316. The zero-order valence-electron chi connectivity index (χ0n) is 15.6. The minimum Gasteiger partial charge on any atom is -0.497 e. The van der Waals surface area contributed by atoms with Crippen molar-refractivity contribution < 1.29 is 22.7 Å². The molecule has 0 fully saturated rings. The molecule has 0 aliphatic rings. The van der Waals surface area contributed by atoms with Crippen molar-refractivity contribution in [3.63, 3.8) is 0 Å². The van der Waals surface area contributed by atoms with Gasteiger partial charge in [0.15, 0.2) is 6.10 Å². The second kappa shape index (κ2) is 9.38. The van der Waals surface area contributed by atoms with E-state index in [0.717, 1.165) is 0 Å². The molecule has 1 unspecified atom stereocenters. The van der Waals surface area contributed by atoms with Gasteiger partial charge >= 0.3 is 0 Å². The van der Waals surface area contributed by atoms with Crippen LogP contribution in [0.5, 0.6) is 11.5 Å². The van der Waals surface area contributed by atoms with Gasteiger partial charge in [0.25, 0.3) is 5.91 Å². The number of hydrogen-bond acceptors (Lipinski definition) is 5. The Morgan fingerprint density at radius 1 is 1.04 bits per heavy atom. The Balaban J connectivity index is 1.96. The van der Waals surface area contributed by atoms with E-state index < -0.39 is 16.1 Å². The van der Waals surface area contributed by atoms with Gasteiger partial charge in [0, 0.05) is 12.2 Å². The molecule has 0 spiro atoms. The Kier molecular flexibility index (Phi) is 7.20. The van der Waals surface area contributed by atoms with Crippen LogP contribution in [0.3, 0.4) is 0 Å². The minimum atomic E-state index is -3.53. The molecule has 7 nitrogen and oxygen atoms in total. The van der Waals surface area contributed by atoms with Crippen LogP contribution in [-0.2, 0) is 14.8 Å². The average Bonchev–Trinajstić information content (AvgIpc) is 2.67. The summed E-state index contributed by atoms with van der Waals surface area (Å²) in [5.41, 5.74) is 0.486. The largest absolute Gasteiger partial charge is 0.497 e. The van der Waals surface area contributed by atoms with Crippen LogP contribution in [0.1, 0.15) is 20.3 Å². The molecule has 1 atom stereocenters. The first-order valence-electron chi connectivity index (χ1n) is 8.57. The molecule has 0 aromatic heterocycles. The van der Waals surface area contributed by atoms with E-state index in [2.05, 4.69) is 10.0 Å². The zero-order chi connectivity index (χ0) is 19.9. The summed E-state index contributed by atoms with van der Waals surface area (Å²) in [5, 5.41) is 2.70. The molecule has 0 saturated heterocycles. The third-order valence-corrected chi connectivity index (χ3v) is 5.19. The highest BCUT2D eigenvalue weighted by Crippen LogP contribution is 2.19. The van der Waals surface area contributed by atoms with Crippen LogP contribution in [0.25, 0.3) is 0 Å². The maximum atomic E-state index is 12.3. The predicted octanol–water partition coefficient (Wildman–Crippen LogP) is 2.79. The van der Waals surface area contributed by atoms with Gasteiger partial charge in [-0.25, -0.2) is 13.1 Å². The normalized spacial score (nSPS) is 12.3. The third-order valence-electron chi connectivity index (χ3n) is 3.72. The molecule has 0 aliphatic carbocycles. The van der Waals surface area contributed by atoms with E-state index in [1.165, 1.54) is 12.1 Å². The Morgan fingerprint density at radius 2 is 1.63 bits per heavy atom. The van der Waals surface area contributed by atoms with E-state index in [4.69, 9.17) is 9.47 Å². The van der Waals surface area contributed by atoms with E-state index in [1.54, 1.807) is 50.4 Å². The topological polar surface area (TPSA) is 93.7 Å². The van der Waals surface area contributed by atoms with Crippen molar-refractivity contribution in [3.8, 4) is 11.5 Å². The summed E-state index contributed by atoms with van der Waals surface area (Å²) in [6.45, 7) is 3.89. The first kappa shape index (κ1) is 20.7. The van der Waals surface area contributed by atoms with Crippen LogP contribution in [0, 0.1) is 0 Å². The molecule has 0 bridgehead atoms. The smallest absolute Gasteiger partial charge is 0.265 e. The first-order valence-corrected chi connectivity index (χ1v) is 10.1. The molecule has 2 N–H and O–H groups in total. The maximum Gasteiger partial charge on any atom is 0.265 e. The number of methoxy groups -OCH3 is 1. The van der Waals surface area contributed by atoms with E-state index in [1.807, 2.05) is 6.92 Å². The van der Waals surface area contributed by atoms with Crippen LogP contribution >= 0.6 is 0 Å². The molecule has 2 aromatic carbocycles. The van der Waals surface area contributed by atoms with E-state index >= 15 is 0 Å². The number of nitrogens with one attached hydrogen (secondary N) is 2. The van der Waals surface area contributed by atoms with Crippen molar-refractivity contribution in [3.05, 3.63) is 48.5 Å². The van der Waals surface area contributed by atoms with E-state index in [9.17, 15) is 13.2 Å². The summed E-state index contributed by atoms with van der Waals surface area (Å²) < 4.78 is 37.3. The molecule has 0 radical (unpaired) electrons. The van der Waals surface area contributed by atoms with Crippen molar-refractivity contribution in [2.75, 3.05) is 19.0 Å². The Hall–Kier alpha value is -2.58. The lowest BCUT2D eigenvalue weighted by molar-refractivity contribution is -0.122. The highest BCUT2D eigenvalue weighted by molar-refractivity contribution is 7.89. The van der Waals surface area contributed by atoms with Crippen molar-refractivity contribution in [1.82, 2.24) is 4.72 Å². The summed E-state index contributed by atoms with van der Waals surface area (Å²) in [7, 11) is -1.96. The van der Waals surface area contributed by atoms with Crippen LogP contribution in [0.4, 0.5) is 5.69 Å². The minimum absolute atomic E-state index is 0.150. The highest BCUT2D eigenvalue weighted by Gasteiger charge is 2.16. The number of rotatable bonds is 9. The number of amides is 1. The lowest BCUT2D eigenvalue weighted by Gasteiger charge is -2.15. The fourth-order valence-corrected chi connectivity index (χ4v) is 3.33. The lowest BCUT2D eigenvalue weighted by Crippen LogP contribution is -2.30. The fourth-order valence-electron chi connectivity index (χ4n) is 2.19. The van der Waals surface area contributed by atoms with Crippen molar-refractivity contribution in [2.24, 2.45) is 0 Å². The van der Waals surface area contributed by atoms with Crippen LogP contribution in [-0.4, -0.2) is 34.1 Å². The maximum absolute atomic E-state index is 12.3. The Labute approximate surface area is 159 Å². The quantitative estimate of drug-likeness (QED) is 0.684. The van der Waals surface area contributed by atoms with Gasteiger partial charge in [-0.3, -0.25) is 4.79 Å². The van der Waals surface area contributed by atoms with Gasteiger partial charge in [-0.15, -0.1) is 0 Å². The number of benzene rings is 2. The first-order chi connectivity index (χ1) is 12.9. The molecule has 0 heterocycles. The molecule has 1 amide bonds. The number of carbonyl (C=O) groups excluding carboxylic acids is 1. The van der Waals surface area contributed by atoms with Gasteiger partial charge in [0.1, 0.15) is 11.5 Å². The molecular formula is C19H24N2O5S. The van der Waals surface area contributed by atoms with Gasteiger partial charge in [-0.1, -0.05) is 6.92 Å². The van der Waals surface area contributed by atoms with Crippen LogP contribution < -0.4 is 19.5 Å². The average molecular weight is 392 g/mol. The summed E-state index contributed by atoms with van der Waals surface area (Å²) in [6, 6.07) is 12.9. The molecule has 0 saturated carbocycles. The molecule has 2 aromatic rings. The predicted molar refractivity (Wildman–Crippen MR) is 104 cm³/mol. The SMILES string of the molecule is CCCNS(=O)(=O)c1ccc(NC(=O)C(C)Oc2ccc(OC)cc2)cc1. The second-order valence-electron chi connectivity index (χ2n) is 5.85. The number of hydrogen-bond donors (Lipinski definition) is 2. The lowest BCUT2D eigenvalue weighted by atomic mass is 10.3. The van der Waals surface area contributed by atoms with E-state index in [-0.39, 0.29) is 10.8 Å². The van der Waals surface area contributed by atoms with Crippen molar-refractivity contribution in [2.45, 2.75) is 31.3 Å². The molecule has 2 rings (SSSR count). The summed E-state index contributed by atoms with van der Waals surface area (Å²) in [6.07, 6.45) is -0.0209. The number of ether oxygens (including phenoxy) is 2. The van der Waals surface area contributed by atoms with Gasteiger partial charge < -0.3 is 14.8 Å². The number of anilines is 1. The second-order valence-corrected chi connectivity index (χ2v) is 7.61. The molecule has 0 aliphatic heterocycles. The van der Waals surface area contributed by atoms with Gasteiger partial charge in [-0.05, 0) is 61.9 Å². The van der Waals surface area contributed by atoms with Crippen LogP contribution in [0.15, 0.2) is 53.4 Å². The van der Waals surface area contributed by atoms with Crippen molar-refractivity contribution in [1.29, 1.82) is 0 Å². The summed E-state index contributed by atoms with van der Waals surface area (Å²) in [4.78, 5) is 12.4. The highest BCUT2D eigenvalue weighted by atomic mass is 32.2. The molecule has 27 heavy (non-hydrogen) atoms. The number of carbonyl (C=O) groups is 1. The summed E-state index contributed by atoms with van der Waals surface area (Å²) >= 11 is 0. The Morgan fingerprint density at radius 3 is 2.19 bits per heavy atom. The van der Waals surface area contributed by atoms with Gasteiger partial charge in [0.2, 0.25) is 10.0 Å². The van der Waals surface area contributed by atoms with Gasteiger partial charge in [0.05, 0.1) is 12.0 Å². The zero-order valence-corrected chi connectivity index (χ0v) is 16.4. The van der Waals surface area contributed by atoms with E-state index in [0.29, 0.717) is 30.2 Å². The Bertz CT molecular complexity index is 849. The van der Waals surface area contributed by atoms with Crippen LogP contribution in [0.2, 0.25) is 0 Å². The third kappa shape index (κ3) is 5.97. The molecule has 8 heteroatoms. The van der Waals surface area contributed by atoms with Gasteiger partial charge in [-0.2, -0.15) is 0 Å².